The van der Waals surface area contributed by atoms with Crippen molar-refractivity contribution < 1.29 is 0 Å². The number of fused-ring (bicyclic) bond motifs is 12. The van der Waals surface area contributed by atoms with Crippen LogP contribution in [-0.4, -0.2) is 15.5 Å². The van der Waals surface area contributed by atoms with Gasteiger partial charge in [0.2, 0.25) is 0 Å². The monoisotopic (exact) mass is 939 g/mol. The van der Waals surface area contributed by atoms with E-state index in [1.807, 2.05) is 0 Å². The van der Waals surface area contributed by atoms with E-state index in [0.717, 1.165) is 0 Å². The number of thiophene rings is 1. The molecule has 3 aliphatic heterocycles. The van der Waals surface area contributed by atoms with E-state index in [2.05, 4.69) is 215 Å². The van der Waals surface area contributed by atoms with Crippen molar-refractivity contribution in [3.05, 3.63) is 136 Å². The van der Waals surface area contributed by atoms with E-state index >= 15 is 0 Å². The van der Waals surface area contributed by atoms with Gasteiger partial charge in [0.25, 0.3) is 6.71 Å². The lowest BCUT2D eigenvalue weighted by molar-refractivity contribution is 0.332. The number of benzene rings is 6. The maximum atomic E-state index is 2.82. The summed E-state index contributed by atoms with van der Waals surface area (Å²) in [6.45, 7) is 35.0. The van der Waals surface area contributed by atoms with Crippen molar-refractivity contribution in [3.63, 3.8) is 0 Å². The first-order chi connectivity index (χ1) is 32.5. The zero-order valence-electron chi connectivity index (χ0n) is 43.9. The molecule has 4 heterocycles. The maximum Gasteiger partial charge on any atom is 0.264 e. The molecule has 350 valence electrons. The summed E-state index contributed by atoms with van der Waals surface area (Å²) >= 11 is 2.10. The van der Waals surface area contributed by atoms with Crippen LogP contribution in [0.25, 0.3) is 21.2 Å². The molecule has 1 unspecified atom stereocenters. The van der Waals surface area contributed by atoms with Crippen LogP contribution in [0.2, 0.25) is 6.55 Å². The van der Waals surface area contributed by atoms with Crippen molar-refractivity contribution in [1.29, 1.82) is 0 Å². The van der Waals surface area contributed by atoms with Crippen molar-refractivity contribution >= 4 is 97.1 Å². The summed E-state index contributed by atoms with van der Waals surface area (Å²) in [5.41, 5.74) is 25.1. The SMILES string of the molecule is Cc1cc2c3c(c1)N(c1cccc4c1[SiH](C)c1ccccc1-4)c1c(sc4cc5c(cc14)C(C)(C)CCC5(C)C)B3c1cc3c(cc1N2c1ccc2c(c1)C(C)(C)CCC2(C)C)C(C)(C)CCC3(C)C. The summed E-state index contributed by atoms with van der Waals surface area (Å²) in [6.07, 6.45) is 7.21. The topological polar surface area (TPSA) is 6.48 Å². The Labute approximate surface area is 419 Å². The lowest BCUT2D eigenvalue weighted by atomic mass is 9.35. The van der Waals surface area contributed by atoms with Crippen LogP contribution in [0.1, 0.15) is 161 Å². The van der Waals surface area contributed by atoms with E-state index in [1.165, 1.54) is 132 Å². The van der Waals surface area contributed by atoms with Crippen LogP contribution in [0.5, 0.6) is 0 Å². The molecule has 7 aromatic rings. The third kappa shape index (κ3) is 6.02. The van der Waals surface area contributed by atoms with Crippen molar-refractivity contribution in [3.8, 4) is 11.1 Å². The molecule has 5 heteroatoms. The molecule has 0 amide bonds. The molecule has 0 N–H and O–H groups in total. The van der Waals surface area contributed by atoms with Crippen molar-refractivity contribution in [2.24, 2.45) is 0 Å². The highest BCUT2D eigenvalue weighted by molar-refractivity contribution is 7.33. The van der Waals surface area contributed by atoms with Gasteiger partial charge in [-0.25, -0.2) is 0 Å². The molecule has 6 aromatic carbocycles. The van der Waals surface area contributed by atoms with E-state index in [-0.39, 0.29) is 39.2 Å². The summed E-state index contributed by atoms with van der Waals surface area (Å²) in [5, 5.41) is 4.59. The molecule has 1 aromatic heterocycles. The fourth-order valence-corrected chi connectivity index (χ4v) is 18.9. The minimum absolute atomic E-state index is 0.0716. The molecule has 0 spiro atoms. The number of hydrogen-bond donors (Lipinski definition) is 0. The Morgan fingerprint density at radius 3 is 1.68 bits per heavy atom. The van der Waals surface area contributed by atoms with Crippen LogP contribution >= 0.6 is 11.3 Å². The molecule has 13 rings (SSSR count). The van der Waals surface area contributed by atoms with Crippen LogP contribution in [0.4, 0.5) is 34.1 Å². The molecule has 0 bridgehead atoms. The molecule has 1 atom stereocenters. The van der Waals surface area contributed by atoms with Crippen molar-refractivity contribution in [1.82, 2.24) is 0 Å². The second-order valence-electron chi connectivity index (χ2n) is 26.6. The second kappa shape index (κ2) is 14.0. The summed E-state index contributed by atoms with van der Waals surface area (Å²) in [6, 6.07) is 40.2. The lowest BCUT2D eigenvalue weighted by Crippen LogP contribution is -2.61. The summed E-state index contributed by atoms with van der Waals surface area (Å²) in [5.74, 6) is 0. The first kappa shape index (κ1) is 44.1. The van der Waals surface area contributed by atoms with Crippen LogP contribution in [0.3, 0.4) is 0 Å². The predicted molar refractivity (Wildman–Crippen MR) is 304 cm³/mol. The molecular formula is C64H71BN2SSi. The predicted octanol–water partition coefficient (Wildman–Crippen LogP) is 14.3. The largest absolute Gasteiger partial charge is 0.311 e. The van der Waals surface area contributed by atoms with Gasteiger partial charge in [-0.05, 0) is 193 Å². The normalized spacial score (nSPS) is 21.9. The Morgan fingerprint density at radius 1 is 0.493 bits per heavy atom. The Hall–Kier alpha value is -4.84. The van der Waals surface area contributed by atoms with Crippen molar-refractivity contribution in [2.45, 2.75) is 168 Å². The number of aryl methyl sites for hydroxylation is 1. The minimum Gasteiger partial charge on any atom is -0.311 e. The third-order valence-corrected chi connectivity index (χ3v) is 23.4. The quantitative estimate of drug-likeness (QED) is 0.159. The van der Waals surface area contributed by atoms with E-state index in [1.54, 1.807) is 27.1 Å². The van der Waals surface area contributed by atoms with Gasteiger partial charge in [-0.3, -0.25) is 0 Å². The van der Waals surface area contributed by atoms with Gasteiger partial charge in [-0.15, -0.1) is 11.3 Å². The number of rotatable bonds is 2. The summed E-state index contributed by atoms with van der Waals surface area (Å²) in [4.78, 5) is 5.57. The molecule has 3 aliphatic carbocycles. The average Bonchev–Trinajstić information content (AvgIpc) is 3.82. The van der Waals surface area contributed by atoms with E-state index in [4.69, 9.17) is 0 Å². The van der Waals surface area contributed by atoms with Crippen molar-refractivity contribution in [2.75, 3.05) is 9.80 Å². The Morgan fingerprint density at radius 2 is 1.03 bits per heavy atom. The van der Waals surface area contributed by atoms with Gasteiger partial charge in [-0.2, -0.15) is 0 Å². The van der Waals surface area contributed by atoms with Crippen LogP contribution in [0, 0.1) is 6.92 Å². The Kier molecular flexibility index (Phi) is 8.94. The standard InChI is InChI=1S/C64H71BN2SSi/c1-37-30-51-55-52(31-37)67(49-20-17-19-40-39-18-15-16-21-54(39)69(14)57(40)49)56-41-33-44-47(64(12,13)29-26-61(44,6)7)36-53(41)68-58(56)65(55)48-34-45-46(63(10,11)28-27-62(45,8)9)35-50(48)66(51)38-22-23-42-43(32-38)60(4,5)25-24-59(42,2)3/h15-23,30-36,69H,24-29H2,1-14H3. The molecular weight excluding hydrogens is 868 g/mol. The van der Waals surface area contributed by atoms with Crippen LogP contribution in [0.15, 0.2) is 97.1 Å². The lowest BCUT2D eigenvalue weighted by Gasteiger charge is -2.47. The molecule has 0 saturated carbocycles. The highest BCUT2D eigenvalue weighted by Gasteiger charge is 2.50. The third-order valence-electron chi connectivity index (χ3n) is 19.3. The molecule has 0 saturated heterocycles. The maximum absolute atomic E-state index is 2.82. The molecule has 69 heavy (non-hydrogen) atoms. The Balaban J connectivity index is 1.17. The smallest absolute Gasteiger partial charge is 0.264 e. The second-order valence-corrected chi connectivity index (χ2v) is 30.3. The van der Waals surface area contributed by atoms with E-state index < -0.39 is 8.80 Å². The van der Waals surface area contributed by atoms with Gasteiger partial charge in [0.15, 0.2) is 0 Å². The van der Waals surface area contributed by atoms with E-state index in [9.17, 15) is 0 Å². The molecule has 0 fully saturated rings. The zero-order valence-corrected chi connectivity index (χ0v) is 45.9. The van der Waals surface area contributed by atoms with Crippen LogP contribution < -0.4 is 35.9 Å². The minimum atomic E-state index is -1.56. The highest BCUT2D eigenvalue weighted by Crippen LogP contribution is 2.55. The number of anilines is 6. The first-order valence-electron chi connectivity index (χ1n) is 26.4. The van der Waals surface area contributed by atoms with Crippen LogP contribution in [-0.2, 0) is 32.5 Å². The van der Waals surface area contributed by atoms with Gasteiger partial charge < -0.3 is 9.80 Å². The van der Waals surface area contributed by atoms with Gasteiger partial charge >= 0.3 is 0 Å². The van der Waals surface area contributed by atoms with Gasteiger partial charge in [0, 0.05) is 43.3 Å². The Bertz CT molecular complexity index is 3410. The first-order valence-corrected chi connectivity index (χ1v) is 29.5. The zero-order chi connectivity index (χ0) is 48.3. The number of nitrogens with zero attached hydrogens (tertiary/aromatic N) is 2. The molecule has 0 radical (unpaired) electrons. The highest BCUT2D eigenvalue weighted by atomic mass is 32.1. The van der Waals surface area contributed by atoms with Gasteiger partial charge in [-0.1, -0.05) is 143 Å². The van der Waals surface area contributed by atoms with Gasteiger partial charge in [0.1, 0.15) is 8.80 Å². The van der Waals surface area contributed by atoms with Gasteiger partial charge in [0.05, 0.1) is 5.69 Å². The average molecular weight is 939 g/mol. The summed E-state index contributed by atoms with van der Waals surface area (Å²) in [7, 11) is -1.56. The molecule has 6 aliphatic rings. The number of hydrogen-bond acceptors (Lipinski definition) is 3. The fraction of sp³-hybridized carbons (Fsp3) is 0.406. The fourth-order valence-electron chi connectivity index (χ4n) is 14.7. The summed E-state index contributed by atoms with van der Waals surface area (Å²) < 4.78 is 2.94. The molecule has 2 nitrogen and oxygen atoms in total. The van der Waals surface area contributed by atoms with E-state index in [0.29, 0.717) is 0 Å².